The number of ether oxygens (including phenoxy) is 1. The summed E-state index contributed by atoms with van der Waals surface area (Å²) in [6.07, 6.45) is 1.17. The Balaban J connectivity index is 2.69. The third-order valence-corrected chi connectivity index (χ3v) is 1.91. The molecule has 2 rings (SSSR count). The molecule has 0 aliphatic carbocycles. The number of rotatable bonds is 3. The van der Waals surface area contributed by atoms with E-state index in [1.54, 1.807) is 0 Å². The number of carbonyl (C=O) groups is 1. The topological polar surface area (TPSA) is 117 Å². The van der Waals surface area contributed by atoms with Crippen molar-refractivity contribution in [1.82, 2.24) is 24.6 Å². The fraction of sp³-hybridized carbons (Fsp3) is 0.286. The van der Waals surface area contributed by atoms with E-state index >= 15 is 0 Å². The molecule has 0 fully saturated rings. The van der Waals surface area contributed by atoms with Crippen LogP contribution in [0.3, 0.4) is 0 Å². The van der Waals surface area contributed by atoms with E-state index in [0.717, 1.165) is 9.20 Å². The molecule has 0 unspecified atom stereocenters. The zero-order chi connectivity index (χ0) is 11.7. The lowest BCUT2D eigenvalue weighted by atomic mass is 10.3. The highest BCUT2D eigenvalue weighted by Gasteiger charge is 2.14. The normalized spacial score (nSPS) is 10.8. The monoisotopic (exact) mass is 224 g/mol. The molecule has 0 radical (unpaired) electrons. The molecule has 2 aromatic heterocycles. The van der Waals surface area contributed by atoms with Crippen LogP contribution in [0.1, 0.15) is 10.4 Å². The van der Waals surface area contributed by atoms with Crippen LogP contribution in [0, 0.1) is 0 Å². The lowest BCUT2D eigenvalue weighted by Crippen LogP contribution is -2.31. The van der Waals surface area contributed by atoms with Crippen LogP contribution in [0.15, 0.2) is 11.0 Å². The van der Waals surface area contributed by atoms with E-state index in [2.05, 4.69) is 15.4 Å². The van der Waals surface area contributed by atoms with Crippen LogP contribution in [0.5, 0.6) is 0 Å². The summed E-state index contributed by atoms with van der Waals surface area (Å²) in [5.74, 6) is -0.715. The summed E-state index contributed by atoms with van der Waals surface area (Å²) in [4.78, 5) is 22.6. The smallest absolute Gasteiger partial charge is 0.365 e. The van der Waals surface area contributed by atoms with Crippen molar-refractivity contribution in [2.24, 2.45) is 5.73 Å². The van der Waals surface area contributed by atoms with Gasteiger partial charge in [-0.25, -0.2) is 4.79 Å². The van der Waals surface area contributed by atoms with Crippen molar-refractivity contribution >= 4 is 11.6 Å². The predicted octanol–water partition coefficient (Wildman–Crippen LogP) is -2.01. The largest absolute Gasteiger partial charge is 0.370 e. The highest BCUT2D eigenvalue weighted by atomic mass is 16.5. The van der Waals surface area contributed by atoms with Crippen LogP contribution in [0.2, 0.25) is 0 Å². The number of hydrogen-bond acceptors (Lipinski definition) is 6. The van der Waals surface area contributed by atoms with Gasteiger partial charge in [0.15, 0.2) is 5.65 Å². The lowest BCUT2D eigenvalue weighted by molar-refractivity contribution is 0.100. The van der Waals surface area contributed by atoms with E-state index in [9.17, 15) is 9.59 Å². The summed E-state index contributed by atoms with van der Waals surface area (Å²) >= 11 is 0. The Hall–Kier alpha value is -2.29. The Bertz CT molecular complexity index is 600. The molecule has 9 nitrogen and oxygen atoms in total. The summed E-state index contributed by atoms with van der Waals surface area (Å²) in [5.41, 5.74) is 4.60. The number of primary amides is 1. The molecule has 0 saturated carbocycles. The number of nitrogens with zero attached hydrogens (tertiary/aromatic N) is 5. The van der Waals surface area contributed by atoms with Gasteiger partial charge in [0.05, 0.1) is 6.20 Å². The summed E-state index contributed by atoms with van der Waals surface area (Å²) < 4.78 is 6.64. The highest BCUT2D eigenvalue weighted by molar-refractivity contribution is 5.98. The van der Waals surface area contributed by atoms with Gasteiger partial charge in [-0.15, -0.1) is 5.10 Å². The van der Waals surface area contributed by atoms with Gasteiger partial charge in [0.2, 0.25) is 0 Å². The van der Waals surface area contributed by atoms with Crippen molar-refractivity contribution < 1.29 is 9.53 Å². The number of hydrogen-bond donors (Lipinski definition) is 1. The maximum Gasteiger partial charge on any atom is 0.370 e. The number of nitrogens with two attached hydrogens (primary N) is 1. The summed E-state index contributed by atoms with van der Waals surface area (Å²) in [6.45, 7) is -0.0481. The number of methoxy groups -OCH3 is 1. The van der Waals surface area contributed by atoms with Crippen molar-refractivity contribution in [1.29, 1.82) is 0 Å². The van der Waals surface area contributed by atoms with Crippen LogP contribution in [-0.4, -0.2) is 37.6 Å². The molecule has 0 bridgehead atoms. The second-order valence-corrected chi connectivity index (χ2v) is 2.95. The molecule has 1 amide bonds. The molecule has 2 heterocycles. The van der Waals surface area contributed by atoms with E-state index in [0.29, 0.717) is 0 Å². The van der Waals surface area contributed by atoms with Crippen molar-refractivity contribution in [2.45, 2.75) is 6.73 Å². The molecular weight excluding hydrogens is 216 g/mol. The van der Waals surface area contributed by atoms with Crippen LogP contribution in [-0.2, 0) is 11.5 Å². The standard InChI is InChI=1S/C7H8N6O3/c1-16-3-12-7(15)13-6(10-11-12)4(2-9-13)5(8)14/h2H,3H2,1H3,(H2,8,14). The molecule has 16 heavy (non-hydrogen) atoms. The molecule has 9 heteroatoms. The Labute approximate surface area is 88.4 Å². The number of fused-ring (bicyclic) bond motifs is 1. The summed E-state index contributed by atoms with van der Waals surface area (Å²) in [6, 6.07) is 0. The van der Waals surface area contributed by atoms with Crippen LogP contribution >= 0.6 is 0 Å². The Kier molecular flexibility index (Phi) is 2.37. The van der Waals surface area contributed by atoms with Crippen molar-refractivity contribution in [3.05, 3.63) is 22.2 Å². The minimum atomic E-state index is -0.715. The van der Waals surface area contributed by atoms with Gasteiger partial charge in [-0.3, -0.25) is 4.79 Å². The van der Waals surface area contributed by atoms with Gasteiger partial charge < -0.3 is 10.5 Å². The molecular formula is C7H8N6O3. The first-order chi connectivity index (χ1) is 7.65. The predicted molar refractivity (Wildman–Crippen MR) is 50.6 cm³/mol. The minimum Gasteiger partial charge on any atom is -0.365 e. The number of carbonyl (C=O) groups excluding carboxylic acids is 1. The average Bonchev–Trinajstić information content (AvgIpc) is 2.67. The SMILES string of the molecule is COCn1nnc2c(C(N)=O)cnn2c1=O. The Morgan fingerprint density at radius 2 is 2.38 bits per heavy atom. The molecule has 84 valence electrons. The molecule has 0 saturated heterocycles. The zero-order valence-electron chi connectivity index (χ0n) is 8.32. The second-order valence-electron chi connectivity index (χ2n) is 2.95. The molecule has 0 spiro atoms. The molecule has 2 aromatic rings. The fourth-order valence-corrected chi connectivity index (χ4v) is 1.20. The zero-order valence-corrected chi connectivity index (χ0v) is 8.32. The van der Waals surface area contributed by atoms with Gasteiger partial charge in [0, 0.05) is 7.11 Å². The molecule has 2 N–H and O–H groups in total. The Morgan fingerprint density at radius 3 is 3.00 bits per heavy atom. The van der Waals surface area contributed by atoms with Crippen LogP contribution in [0.4, 0.5) is 0 Å². The van der Waals surface area contributed by atoms with Crippen LogP contribution in [0.25, 0.3) is 5.65 Å². The van der Waals surface area contributed by atoms with E-state index in [4.69, 9.17) is 10.5 Å². The van der Waals surface area contributed by atoms with Crippen molar-refractivity contribution in [3.8, 4) is 0 Å². The highest BCUT2D eigenvalue weighted by Crippen LogP contribution is 2.01. The van der Waals surface area contributed by atoms with Gasteiger partial charge in [0.1, 0.15) is 12.3 Å². The molecule has 0 aromatic carbocycles. The number of aromatic nitrogens is 5. The van der Waals surface area contributed by atoms with Crippen molar-refractivity contribution in [2.75, 3.05) is 7.11 Å². The molecule has 0 atom stereocenters. The van der Waals surface area contributed by atoms with E-state index in [-0.39, 0.29) is 17.9 Å². The quantitative estimate of drug-likeness (QED) is 0.643. The van der Waals surface area contributed by atoms with Gasteiger partial charge in [-0.2, -0.15) is 14.3 Å². The maximum absolute atomic E-state index is 11.7. The molecule has 0 aliphatic heterocycles. The molecule has 0 aliphatic rings. The van der Waals surface area contributed by atoms with E-state index < -0.39 is 11.6 Å². The number of amides is 1. The van der Waals surface area contributed by atoms with Gasteiger partial charge in [-0.1, -0.05) is 5.21 Å². The van der Waals surface area contributed by atoms with Crippen LogP contribution < -0.4 is 11.4 Å². The summed E-state index contributed by atoms with van der Waals surface area (Å²) in [7, 11) is 1.41. The van der Waals surface area contributed by atoms with Crippen molar-refractivity contribution in [3.63, 3.8) is 0 Å². The van der Waals surface area contributed by atoms with Gasteiger partial charge in [0.25, 0.3) is 5.91 Å². The average molecular weight is 224 g/mol. The van der Waals surface area contributed by atoms with E-state index in [1.165, 1.54) is 13.3 Å². The summed E-state index contributed by atoms with van der Waals surface area (Å²) in [5, 5.41) is 11.0. The van der Waals surface area contributed by atoms with E-state index in [1.807, 2.05) is 0 Å². The first-order valence-corrected chi connectivity index (χ1v) is 4.25. The first-order valence-electron chi connectivity index (χ1n) is 4.25. The minimum absolute atomic E-state index is 0.0323. The lowest BCUT2D eigenvalue weighted by Gasteiger charge is -2.00. The third kappa shape index (κ3) is 1.42. The fourth-order valence-electron chi connectivity index (χ4n) is 1.20. The van der Waals surface area contributed by atoms with Gasteiger partial charge in [-0.05, 0) is 0 Å². The Morgan fingerprint density at radius 1 is 1.62 bits per heavy atom. The first kappa shape index (κ1) is 10.2. The third-order valence-electron chi connectivity index (χ3n) is 1.91. The maximum atomic E-state index is 11.7. The second kappa shape index (κ2) is 3.70. The van der Waals surface area contributed by atoms with Gasteiger partial charge >= 0.3 is 5.69 Å².